The maximum absolute atomic E-state index is 13.6. The first kappa shape index (κ1) is 15.3. The molecule has 6 heteroatoms. The number of nitrogens with zero attached hydrogens (tertiary/aromatic N) is 1. The summed E-state index contributed by atoms with van der Waals surface area (Å²) in [6.07, 6.45) is 0. The summed E-state index contributed by atoms with van der Waals surface area (Å²) >= 11 is 1.21. The molecule has 0 aliphatic rings. The van der Waals surface area contributed by atoms with E-state index in [1.807, 2.05) is 30.3 Å². The lowest BCUT2D eigenvalue weighted by molar-refractivity contribution is 0.102. The second-order valence-electron chi connectivity index (χ2n) is 4.88. The van der Waals surface area contributed by atoms with Gasteiger partial charge in [0.2, 0.25) is 0 Å². The van der Waals surface area contributed by atoms with Crippen LogP contribution in [0.2, 0.25) is 0 Å². The van der Waals surface area contributed by atoms with Gasteiger partial charge in [0.1, 0.15) is 21.5 Å². The molecule has 0 atom stereocenters. The minimum absolute atomic E-state index is 0.191. The zero-order valence-electron chi connectivity index (χ0n) is 12.1. The van der Waals surface area contributed by atoms with Crippen LogP contribution in [0.4, 0.5) is 14.5 Å². The molecule has 3 rings (SSSR count). The van der Waals surface area contributed by atoms with Crippen LogP contribution in [-0.4, -0.2) is 10.9 Å². The van der Waals surface area contributed by atoms with Gasteiger partial charge in [0.25, 0.3) is 5.91 Å². The lowest BCUT2D eigenvalue weighted by atomic mass is 10.2. The Bertz CT molecular complexity index is 862. The van der Waals surface area contributed by atoms with Crippen LogP contribution in [0.3, 0.4) is 0 Å². The van der Waals surface area contributed by atoms with E-state index in [4.69, 9.17) is 0 Å². The maximum Gasteiger partial charge on any atom is 0.267 e. The molecule has 0 unspecified atom stereocenters. The summed E-state index contributed by atoms with van der Waals surface area (Å²) in [6, 6.07) is 12.4. The van der Waals surface area contributed by atoms with Gasteiger partial charge in [-0.05, 0) is 19.1 Å². The van der Waals surface area contributed by atoms with E-state index in [0.717, 1.165) is 23.8 Å². The van der Waals surface area contributed by atoms with E-state index in [9.17, 15) is 13.6 Å². The number of hydrogen-bond donors (Lipinski definition) is 1. The van der Waals surface area contributed by atoms with Gasteiger partial charge < -0.3 is 5.32 Å². The maximum atomic E-state index is 13.6. The first-order valence-corrected chi connectivity index (χ1v) is 7.65. The molecule has 0 saturated carbocycles. The van der Waals surface area contributed by atoms with Crippen molar-refractivity contribution in [3.8, 4) is 10.6 Å². The van der Waals surface area contributed by atoms with Crippen molar-refractivity contribution in [1.29, 1.82) is 0 Å². The highest BCUT2D eigenvalue weighted by Crippen LogP contribution is 2.28. The van der Waals surface area contributed by atoms with Gasteiger partial charge in [-0.15, -0.1) is 11.3 Å². The minimum atomic E-state index is -0.690. The molecule has 0 saturated heterocycles. The summed E-state index contributed by atoms with van der Waals surface area (Å²) in [5.41, 5.74) is 1.25. The van der Waals surface area contributed by atoms with Crippen LogP contribution in [0.5, 0.6) is 0 Å². The number of halogens is 2. The van der Waals surface area contributed by atoms with Crippen LogP contribution in [-0.2, 0) is 0 Å². The first-order valence-electron chi connectivity index (χ1n) is 6.84. The molecule has 23 heavy (non-hydrogen) atoms. The fourth-order valence-corrected chi connectivity index (χ4v) is 3.05. The van der Waals surface area contributed by atoms with Crippen molar-refractivity contribution in [3.63, 3.8) is 0 Å². The molecule has 0 radical (unpaired) electrons. The normalized spacial score (nSPS) is 10.6. The molecule has 0 aliphatic heterocycles. The van der Waals surface area contributed by atoms with Gasteiger partial charge in [-0.1, -0.05) is 30.3 Å². The Morgan fingerprint density at radius 3 is 2.61 bits per heavy atom. The van der Waals surface area contributed by atoms with E-state index in [-0.39, 0.29) is 5.69 Å². The van der Waals surface area contributed by atoms with Crippen molar-refractivity contribution >= 4 is 22.9 Å². The largest absolute Gasteiger partial charge is 0.319 e. The Morgan fingerprint density at radius 2 is 1.87 bits per heavy atom. The summed E-state index contributed by atoms with van der Waals surface area (Å²) in [5, 5.41) is 3.09. The van der Waals surface area contributed by atoms with Gasteiger partial charge >= 0.3 is 0 Å². The number of anilines is 1. The standard InChI is InChI=1S/C17H12F2N2OS/c1-10-15(23-17(20-10)11-5-3-2-4-6-11)16(22)21-14-9-12(18)7-8-13(14)19/h2-9H,1H3,(H,21,22). The molecule has 2 aromatic carbocycles. The Morgan fingerprint density at radius 1 is 1.13 bits per heavy atom. The quantitative estimate of drug-likeness (QED) is 0.759. The highest BCUT2D eigenvalue weighted by Gasteiger charge is 2.17. The second kappa shape index (κ2) is 6.26. The molecule has 0 bridgehead atoms. The van der Waals surface area contributed by atoms with Crippen LogP contribution in [0.1, 0.15) is 15.4 Å². The Labute approximate surface area is 135 Å². The highest BCUT2D eigenvalue weighted by atomic mass is 32.1. The molecule has 3 nitrogen and oxygen atoms in total. The third kappa shape index (κ3) is 3.27. The van der Waals surface area contributed by atoms with Crippen molar-refractivity contribution in [2.75, 3.05) is 5.32 Å². The third-order valence-corrected chi connectivity index (χ3v) is 4.41. The average Bonchev–Trinajstić information content (AvgIpc) is 2.94. The molecule has 3 aromatic rings. The molecule has 1 N–H and O–H groups in total. The third-order valence-electron chi connectivity index (χ3n) is 3.20. The minimum Gasteiger partial charge on any atom is -0.319 e. The molecular formula is C17H12F2N2OS. The molecule has 0 spiro atoms. The topological polar surface area (TPSA) is 42.0 Å². The monoisotopic (exact) mass is 330 g/mol. The van der Waals surface area contributed by atoms with E-state index in [1.54, 1.807) is 6.92 Å². The lowest BCUT2D eigenvalue weighted by Gasteiger charge is -2.05. The van der Waals surface area contributed by atoms with Crippen molar-refractivity contribution in [2.24, 2.45) is 0 Å². The predicted molar refractivity (Wildman–Crippen MR) is 86.6 cm³/mol. The Hall–Kier alpha value is -2.60. The lowest BCUT2D eigenvalue weighted by Crippen LogP contribution is -2.12. The van der Waals surface area contributed by atoms with E-state index in [0.29, 0.717) is 15.6 Å². The molecule has 1 aromatic heterocycles. The zero-order chi connectivity index (χ0) is 16.4. The van der Waals surface area contributed by atoms with Crippen molar-refractivity contribution in [3.05, 3.63) is 70.7 Å². The number of amides is 1. The fraction of sp³-hybridized carbons (Fsp3) is 0.0588. The van der Waals surface area contributed by atoms with Gasteiger partial charge in [-0.25, -0.2) is 13.8 Å². The van der Waals surface area contributed by atoms with Crippen LogP contribution in [0.25, 0.3) is 10.6 Å². The number of carbonyl (C=O) groups is 1. The number of rotatable bonds is 3. The van der Waals surface area contributed by atoms with Gasteiger partial charge in [0.05, 0.1) is 11.4 Å². The van der Waals surface area contributed by atoms with E-state index >= 15 is 0 Å². The number of nitrogens with one attached hydrogen (secondary N) is 1. The van der Waals surface area contributed by atoms with Crippen LogP contribution in [0, 0.1) is 18.6 Å². The number of aromatic nitrogens is 1. The van der Waals surface area contributed by atoms with E-state index < -0.39 is 17.5 Å². The summed E-state index contributed by atoms with van der Waals surface area (Å²) in [5.74, 6) is -1.82. The summed E-state index contributed by atoms with van der Waals surface area (Å²) < 4.78 is 26.8. The summed E-state index contributed by atoms with van der Waals surface area (Å²) in [4.78, 5) is 17.1. The molecule has 1 amide bonds. The van der Waals surface area contributed by atoms with Gasteiger partial charge in [-0.3, -0.25) is 4.79 Å². The van der Waals surface area contributed by atoms with Crippen molar-refractivity contribution in [2.45, 2.75) is 6.92 Å². The smallest absolute Gasteiger partial charge is 0.267 e. The van der Waals surface area contributed by atoms with Gasteiger partial charge in [0.15, 0.2) is 0 Å². The zero-order valence-corrected chi connectivity index (χ0v) is 13.0. The van der Waals surface area contributed by atoms with Gasteiger partial charge in [-0.2, -0.15) is 0 Å². The number of benzene rings is 2. The summed E-state index contributed by atoms with van der Waals surface area (Å²) in [6.45, 7) is 1.71. The number of hydrogen-bond acceptors (Lipinski definition) is 3. The first-order chi connectivity index (χ1) is 11.0. The molecule has 1 heterocycles. The fourth-order valence-electron chi connectivity index (χ4n) is 2.08. The van der Waals surface area contributed by atoms with Crippen LogP contribution >= 0.6 is 11.3 Å². The Kier molecular flexibility index (Phi) is 4.16. The van der Waals surface area contributed by atoms with Crippen molar-refractivity contribution < 1.29 is 13.6 Å². The number of carbonyl (C=O) groups excluding carboxylic acids is 1. The van der Waals surface area contributed by atoms with E-state index in [1.165, 1.54) is 11.3 Å². The predicted octanol–water partition coefficient (Wildman–Crippen LogP) is 4.65. The molecular weight excluding hydrogens is 318 g/mol. The molecule has 0 fully saturated rings. The van der Waals surface area contributed by atoms with Crippen molar-refractivity contribution in [1.82, 2.24) is 4.98 Å². The number of thiazole rings is 1. The molecule has 0 aliphatic carbocycles. The molecule has 116 valence electrons. The van der Waals surface area contributed by atoms with Crippen LogP contribution < -0.4 is 5.32 Å². The SMILES string of the molecule is Cc1nc(-c2ccccc2)sc1C(=O)Nc1cc(F)ccc1F. The van der Waals surface area contributed by atoms with E-state index in [2.05, 4.69) is 10.3 Å². The number of aryl methyl sites for hydroxylation is 1. The average molecular weight is 330 g/mol. The highest BCUT2D eigenvalue weighted by molar-refractivity contribution is 7.17. The Balaban J connectivity index is 1.88. The van der Waals surface area contributed by atoms with Crippen LogP contribution in [0.15, 0.2) is 48.5 Å². The second-order valence-corrected chi connectivity index (χ2v) is 5.88. The summed E-state index contributed by atoms with van der Waals surface area (Å²) in [7, 11) is 0. The van der Waals surface area contributed by atoms with Gasteiger partial charge in [0, 0.05) is 11.6 Å².